The highest BCUT2D eigenvalue weighted by atomic mass is 32.1. The molecule has 6 rings (SSSR count). The van der Waals surface area contributed by atoms with Gasteiger partial charge in [0.15, 0.2) is 0 Å². The fraction of sp³-hybridized carbons (Fsp3) is 0.559. The first kappa shape index (κ1) is 32.7. The van der Waals surface area contributed by atoms with Gasteiger partial charge in [0.2, 0.25) is 0 Å². The summed E-state index contributed by atoms with van der Waals surface area (Å²) >= 11 is 1.76. The van der Waals surface area contributed by atoms with E-state index in [0.29, 0.717) is 36.3 Å². The van der Waals surface area contributed by atoms with Crippen molar-refractivity contribution in [3.63, 3.8) is 0 Å². The van der Waals surface area contributed by atoms with Gasteiger partial charge in [0.25, 0.3) is 0 Å². The predicted octanol–water partition coefficient (Wildman–Crippen LogP) is 6.32. The number of piperidine rings is 1. The number of benzene rings is 1. The van der Waals surface area contributed by atoms with Gasteiger partial charge in [-0.3, -0.25) is 14.6 Å². The number of anilines is 1. The van der Waals surface area contributed by atoms with Crippen LogP contribution in [-0.2, 0) is 27.5 Å². The number of hydrogen-bond donors (Lipinski definition) is 1. The molecule has 2 amide bonds. The molecule has 12 heteroatoms. The van der Waals surface area contributed by atoms with Gasteiger partial charge in [-0.05, 0) is 75.4 Å². The molecule has 1 unspecified atom stereocenters. The van der Waals surface area contributed by atoms with Crippen molar-refractivity contribution < 1.29 is 14.3 Å². The summed E-state index contributed by atoms with van der Waals surface area (Å²) in [6.45, 7) is 15.2. The highest BCUT2D eigenvalue weighted by Gasteiger charge is 2.35. The van der Waals surface area contributed by atoms with Gasteiger partial charge < -0.3 is 19.9 Å². The Morgan fingerprint density at radius 1 is 1.13 bits per heavy atom. The van der Waals surface area contributed by atoms with E-state index in [1.807, 2.05) is 0 Å². The third kappa shape index (κ3) is 7.51. The van der Waals surface area contributed by atoms with Crippen LogP contribution in [-0.4, -0.2) is 81.7 Å². The summed E-state index contributed by atoms with van der Waals surface area (Å²) in [7, 11) is -1.22. The van der Waals surface area contributed by atoms with E-state index in [-0.39, 0.29) is 12.8 Å². The monoisotopic (exact) mass is 661 g/mol. The van der Waals surface area contributed by atoms with Gasteiger partial charge in [-0.1, -0.05) is 32.6 Å². The third-order valence-electron chi connectivity index (χ3n) is 9.35. The molecular formula is C34H47N7O3SSi. The van der Waals surface area contributed by atoms with Crippen LogP contribution in [0.3, 0.4) is 0 Å². The van der Waals surface area contributed by atoms with Crippen molar-refractivity contribution in [3.05, 3.63) is 47.4 Å². The highest BCUT2D eigenvalue weighted by molar-refractivity contribution is 7.18. The molecule has 0 saturated carbocycles. The van der Waals surface area contributed by atoms with E-state index in [4.69, 9.17) is 9.72 Å². The molecule has 0 radical (unpaired) electrons. The minimum Gasteiger partial charge on any atom is -0.360 e. The molecule has 3 atom stereocenters. The van der Waals surface area contributed by atoms with Gasteiger partial charge >= 0.3 is 11.8 Å². The van der Waals surface area contributed by atoms with Crippen LogP contribution in [0.1, 0.15) is 56.1 Å². The number of nitrogens with one attached hydrogen (secondary N) is 1. The normalized spacial score (nSPS) is 20.1. The SMILES string of the molecule is CC(Cc1nc2cc([C@H]3CC[C@H](C)CN3C(=O)C(=O)Nc3cncc4cnn(COCC[Si](C)(C)C)c34)ccc2s1)N1CCCC1. The maximum atomic E-state index is 13.8. The first-order valence-corrected chi connectivity index (χ1v) is 21.2. The molecule has 0 bridgehead atoms. The first-order valence-electron chi connectivity index (χ1n) is 16.7. The van der Waals surface area contributed by atoms with Crippen molar-refractivity contribution in [2.75, 3.05) is 31.6 Å². The molecule has 1 N–H and O–H groups in total. The van der Waals surface area contributed by atoms with Crippen molar-refractivity contribution in [2.45, 2.75) is 90.5 Å². The summed E-state index contributed by atoms with van der Waals surface area (Å²) < 4.78 is 8.81. The number of carbonyl (C=O) groups excluding carboxylic acids is 2. The van der Waals surface area contributed by atoms with Crippen molar-refractivity contribution in [1.29, 1.82) is 0 Å². The zero-order valence-electron chi connectivity index (χ0n) is 27.8. The minimum absolute atomic E-state index is 0.188. The second-order valence-corrected chi connectivity index (χ2v) is 21.1. The molecule has 10 nitrogen and oxygen atoms in total. The first-order chi connectivity index (χ1) is 22.1. The van der Waals surface area contributed by atoms with Gasteiger partial charge in [-0.2, -0.15) is 5.10 Å². The fourth-order valence-electron chi connectivity index (χ4n) is 6.64. The molecule has 5 heterocycles. The second-order valence-electron chi connectivity index (χ2n) is 14.4. The number of carbonyl (C=O) groups is 2. The number of rotatable bonds is 10. The maximum Gasteiger partial charge on any atom is 0.314 e. The highest BCUT2D eigenvalue weighted by Crippen LogP contribution is 2.36. The molecule has 2 aliphatic rings. The Kier molecular flexibility index (Phi) is 9.88. The average Bonchev–Trinajstić information content (AvgIpc) is 3.78. The largest absolute Gasteiger partial charge is 0.360 e. The number of likely N-dealkylation sites (tertiary alicyclic amines) is 2. The fourth-order valence-corrected chi connectivity index (χ4v) is 8.47. The van der Waals surface area contributed by atoms with Crippen molar-refractivity contribution in [1.82, 2.24) is 29.5 Å². The Morgan fingerprint density at radius 3 is 2.72 bits per heavy atom. The van der Waals surface area contributed by atoms with E-state index in [9.17, 15) is 9.59 Å². The molecule has 3 aromatic heterocycles. The summed E-state index contributed by atoms with van der Waals surface area (Å²) in [4.78, 5) is 41.0. The Morgan fingerprint density at radius 2 is 1.93 bits per heavy atom. The molecule has 2 aliphatic heterocycles. The van der Waals surface area contributed by atoms with Gasteiger partial charge in [-0.25, -0.2) is 9.67 Å². The van der Waals surface area contributed by atoms with E-state index < -0.39 is 19.9 Å². The smallest absolute Gasteiger partial charge is 0.314 e. The molecule has 1 aromatic carbocycles. The molecule has 4 aromatic rings. The topological polar surface area (TPSA) is 105 Å². The lowest BCUT2D eigenvalue weighted by Gasteiger charge is -2.38. The number of thiazole rings is 1. The number of fused-ring (bicyclic) bond motifs is 2. The Hall–Kier alpha value is -3.19. The lowest BCUT2D eigenvalue weighted by atomic mass is 9.89. The van der Waals surface area contributed by atoms with Crippen LogP contribution in [0.25, 0.3) is 21.1 Å². The van der Waals surface area contributed by atoms with E-state index in [1.165, 1.54) is 25.9 Å². The van der Waals surface area contributed by atoms with Crippen LogP contribution < -0.4 is 5.32 Å². The van der Waals surface area contributed by atoms with E-state index in [1.54, 1.807) is 39.5 Å². The average molecular weight is 662 g/mol. The zero-order valence-corrected chi connectivity index (χ0v) is 29.6. The summed E-state index contributed by atoms with van der Waals surface area (Å²) in [5.41, 5.74) is 3.14. The van der Waals surface area contributed by atoms with Gasteiger partial charge in [0.05, 0.1) is 44.9 Å². The minimum atomic E-state index is -1.22. The van der Waals surface area contributed by atoms with Crippen LogP contribution in [0.15, 0.2) is 36.8 Å². The molecule has 46 heavy (non-hydrogen) atoms. The molecule has 0 aliphatic carbocycles. The number of nitrogens with zero attached hydrogens (tertiary/aromatic N) is 6. The number of pyridine rings is 1. The summed E-state index contributed by atoms with van der Waals surface area (Å²) in [6, 6.07) is 7.71. The lowest BCUT2D eigenvalue weighted by molar-refractivity contribution is -0.146. The Bertz CT molecular complexity index is 1690. The predicted molar refractivity (Wildman–Crippen MR) is 187 cm³/mol. The van der Waals surface area contributed by atoms with Crippen LogP contribution in [0, 0.1) is 5.92 Å². The van der Waals surface area contributed by atoms with Gasteiger partial charge in [0.1, 0.15) is 6.73 Å². The van der Waals surface area contributed by atoms with Crippen molar-refractivity contribution in [3.8, 4) is 0 Å². The zero-order chi connectivity index (χ0) is 32.4. The molecule has 2 fully saturated rings. The maximum absolute atomic E-state index is 13.8. The summed E-state index contributed by atoms with van der Waals surface area (Å²) in [6.07, 6.45) is 10.3. The third-order valence-corrected chi connectivity index (χ3v) is 12.1. The lowest BCUT2D eigenvalue weighted by Crippen LogP contribution is -2.46. The molecule has 0 spiro atoms. The Balaban J connectivity index is 1.17. The van der Waals surface area contributed by atoms with Crippen molar-refractivity contribution >= 4 is 58.0 Å². The summed E-state index contributed by atoms with van der Waals surface area (Å²) in [5.74, 6) is -0.909. The molecule has 2 saturated heterocycles. The molecular weight excluding hydrogens is 615 g/mol. The van der Waals surface area contributed by atoms with Gasteiger partial charge in [-0.15, -0.1) is 11.3 Å². The van der Waals surface area contributed by atoms with Crippen LogP contribution in [0.2, 0.25) is 25.7 Å². The van der Waals surface area contributed by atoms with E-state index in [0.717, 1.165) is 51.5 Å². The number of aromatic nitrogens is 4. The van der Waals surface area contributed by atoms with Crippen LogP contribution in [0.5, 0.6) is 0 Å². The van der Waals surface area contributed by atoms with Crippen LogP contribution in [0.4, 0.5) is 5.69 Å². The van der Waals surface area contributed by atoms with E-state index in [2.05, 4.69) is 72.0 Å². The van der Waals surface area contributed by atoms with E-state index >= 15 is 0 Å². The number of hydrogen-bond acceptors (Lipinski definition) is 8. The van der Waals surface area contributed by atoms with Crippen LogP contribution >= 0.6 is 11.3 Å². The number of amides is 2. The van der Waals surface area contributed by atoms with Crippen molar-refractivity contribution in [2.24, 2.45) is 5.92 Å². The van der Waals surface area contributed by atoms with Gasteiger partial charge in [0, 0.05) is 45.3 Å². The number of ether oxygens (including phenoxy) is 1. The molecule has 246 valence electrons. The summed E-state index contributed by atoms with van der Waals surface area (Å²) in [5, 5.41) is 9.26. The second kappa shape index (κ2) is 13.9. The standard InChI is InChI=1S/C34H47N7O3SSi/c1-23-8-10-29(25-9-11-30-27(17-25)37-31(45-30)16-24(2)39-12-6-7-13-39)40(21-23)34(43)33(42)38-28-20-35-18-26-19-36-41(32(26)28)22-44-14-15-46(3,4)5/h9,11,17-20,23-24,29H,6-8,10,12-16,21-22H2,1-5H3,(H,38,42)/t23-,24?,29+/m0/s1. The Labute approximate surface area is 276 Å². The quantitative estimate of drug-likeness (QED) is 0.121.